The number of aryl methyl sites for hydroxylation is 1. The Balaban J connectivity index is 1.68. The zero-order valence-corrected chi connectivity index (χ0v) is 16.4. The molecule has 0 aliphatic carbocycles. The molecule has 1 amide bonds. The average Bonchev–Trinajstić information content (AvgIpc) is 3.02. The molecule has 8 nitrogen and oxygen atoms in total. The summed E-state index contributed by atoms with van der Waals surface area (Å²) in [4.78, 5) is 24.8. The largest absolute Gasteiger partial charge is 0.493 e. The Morgan fingerprint density at radius 2 is 1.86 bits per heavy atom. The maximum Gasteiger partial charge on any atom is 0.280 e. The quantitative estimate of drug-likeness (QED) is 0.474. The molecule has 0 unspecified atom stereocenters. The number of carbonyl (C=O) groups excluding carboxylic acids is 1. The third kappa shape index (κ3) is 4.55. The van der Waals surface area contributed by atoms with Gasteiger partial charge in [-0.25, -0.2) is 10.1 Å². The standard InChI is InChI=1S/C21H22N4O4/c1-14-17(21(27)25(24-14)16-7-5-4-6-8-16)13-22-23-20(26)12-15-9-10-18(28-2)19(11-15)29-3/h4-11,13,24H,12H2,1-3H3,(H,23,26)/b22-13-. The molecule has 2 N–H and O–H groups in total. The van der Waals surface area contributed by atoms with Crippen LogP contribution in [0.15, 0.2) is 58.4 Å². The Morgan fingerprint density at radius 3 is 2.55 bits per heavy atom. The van der Waals surface area contributed by atoms with Crippen LogP contribution in [0.25, 0.3) is 5.69 Å². The van der Waals surface area contributed by atoms with Gasteiger partial charge in [0.1, 0.15) is 0 Å². The molecule has 2 aromatic carbocycles. The first-order valence-corrected chi connectivity index (χ1v) is 8.93. The van der Waals surface area contributed by atoms with E-state index >= 15 is 0 Å². The third-order valence-electron chi connectivity index (χ3n) is 4.33. The number of hydrogen-bond donors (Lipinski definition) is 2. The summed E-state index contributed by atoms with van der Waals surface area (Å²) in [6.07, 6.45) is 1.46. The van der Waals surface area contributed by atoms with Crippen molar-refractivity contribution in [2.24, 2.45) is 5.10 Å². The van der Waals surface area contributed by atoms with E-state index in [0.29, 0.717) is 22.8 Å². The van der Waals surface area contributed by atoms with Crippen LogP contribution >= 0.6 is 0 Å². The highest BCUT2D eigenvalue weighted by Crippen LogP contribution is 2.27. The van der Waals surface area contributed by atoms with E-state index in [9.17, 15) is 9.59 Å². The predicted octanol–water partition coefficient (Wildman–Crippen LogP) is 2.18. The average molecular weight is 394 g/mol. The molecule has 8 heteroatoms. The molecule has 29 heavy (non-hydrogen) atoms. The first kappa shape index (κ1) is 19.9. The Morgan fingerprint density at radius 1 is 1.14 bits per heavy atom. The minimum atomic E-state index is -0.315. The van der Waals surface area contributed by atoms with E-state index in [2.05, 4.69) is 15.6 Å². The van der Waals surface area contributed by atoms with Crippen molar-refractivity contribution in [3.05, 3.63) is 75.7 Å². The Labute approximate surface area is 167 Å². The number of para-hydroxylation sites is 1. The summed E-state index contributed by atoms with van der Waals surface area (Å²) in [6.45, 7) is 1.77. The minimum Gasteiger partial charge on any atom is -0.493 e. The maximum atomic E-state index is 12.6. The van der Waals surface area contributed by atoms with Gasteiger partial charge in [0.05, 0.1) is 38.1 Å². The Hall–Kier alpha value is -3.81. The van der Waals surface area contributed by atoms with Crippen molar-refractivity contribution in [2.45, 2.75) is 13.3 Å². The number of amides is 1. The van der Waals surface area contributed by atoms with E-state index in [-0.39, 0.29) is 17.9 Å². The van der Waals surface area contributed by atoms with Gasteiger partial charge in [-0.1, -0.05) is 24.3 Å². The van der Waals surface area contributed by atoms with Gasteiger partial charge in [-0.3, -0.25) is 14.7 Å². The molecule has 0 radical (unpaired) electrons. The number of carbonyl (C=O) groups is 1. The number of methoxy groups -OCH3 is 2. The van der Waals surface area contributed by atoms with E-state index in [1.807, 2.05) is 30.3 Å². The highest BCUT2D eigenvalue weighted by Gasteiger charge is 2.11. The first-order valence-electron chi connectivity index (χ1n) is 8.93. The number of aromatic amines is 1. The monoisotopic (exact) mass is 394 g/mol. The number of hydrazone groups is 1. The van der Waals surface area contributed by atoms with E-state index in [1.165, 1.54) is 18.0 Å². The minimum absolute atomic E-state index is 0.109. The molecule has 150 valence electrons. The second kappa shape index (κ2) is 8.92. The molecular formula is C21H22N4O4. The van der Waals surface area contributed by atoms with E-state index < -0.39 is 0 Å². The van der Waals surface area contributed by atoms with Crippen LogP contribution in [0.4, 0.5) is 0 Å². The number of hydrogen-bond acceptors (Lipinski definition) is 5. The Bertz CT molecular complexity index is 1080. The topological polar surface area (TPSA) is 97.7 Å². The number of ether oxygens (including phenoxy) is 2. The third-order valence-corrected chi connectivity index (χ3v) is 4.33. The molecule has 0 spiro atoms. The van der Waals surface area contributed by atoms with Crippen molar-refractivity contribution in [3.8, 4) is 17.2 Å². The highest BCUT2D eigenvalue weighted by atomic mass is 16.5. The van der Waals surface area contributed by atoms with Gasteiger partial charge in [0.2, 0.25) is 5.91 Å². The van der Waals surface area contributed by atoms with Crippen molar-refractivity contribution in [1.82, 2.24) is 15.2 Å². The second-order valence-electron chi connectivity index (χ2n) is 6.29. The van der Waals surface area contributed by atoms with Crippen LogP contribution in [-0.2, 0) is 11.2 Å². The molecule has 0 atom stereocenters. The van der Waals surface area contributed by atoms with Gasteiger partial charge in [-0.15, -0.1) is 0 Å². The summed E-state index contributed by atoms with van der Waals surface area (Å²) in [7, 11) is 3.08. The zero-order chi connectivity index (χ0) is 20.8. The predicted molar refractivity (Wildman–Crippen MR) is 110 cm³/mol. The molecule has 0 aliphatic heterocycles. The fourth-order valence-electron chi connectivity index (χ4n) is 2.85. The van der Waals surface area contributed by atoms with Gasteiger partial charge in [0.15, 0.2) is 11.5 Å². The number of H-pyrrole nitrogens is 1. The van der Waals surface area contributed by atoms with Crippen LogP contribution < -0.4 is 20.5 Å². The molecule has 1 aromatic heterocycles. The lowest BCUT2D eigenvalue weighted by molar-refractivity contribution is -0.120. The van der Waals surface area contributed by atoms with Crippen molar-refractivity contribution < 1.29 is 14.3 Å². The summed E-state index contributed by atoms with van der Waals surface area (Å²) in [5, 5.41) is 6.93. The lowest BCUT2D eigenvalue weighted by Gasteiger charge is -2.09. The fraction of sp³-hybridized carbons (Fsp3) is 0.190. The van der Waals surface area contributed by atoms with Crippen LogP contribution in [0.2, 0.25) is 0 Å². The number of nitrogens with zero attached hydrogens (tertiary/aromatic N) is 2. The number of benzene rings is 2. The molecule has 0 saturated heterocycles. The lowest BCUT2D eigenvalue weighted by Crippen LogP contribution is -2.21. The normalized spacial score (nSPS) is 10.9. The molecule has 0 saturated carbocycles. The van der Waals surface area contributed by atoms with E-state index in [0.717, 1.165) is 11.3 Å². The van der Waals surface area contributed by atoms with Gasteiger partial charge in [0, 0.05) is 5.69 Å². The molecule has 0 aliphatic rings. The van der Waals surface area contributed by atoms with Gasteiger partial charge in [0.25, 0.3) is 5.56 Å². The van der Waals surface area contributed by atoms with Gasteiger partial charge >= 0.3 is 0 Å². The van der Waals surface area contributed by atoms with Gasteiger partial charge < -0.3 is 9.47 Å². The van der Waals surface area contributed by atoms with Gasteiger partial charge in [-0.05, 0) is 36.8 Å². The molecule has 1 heterocycles. The molecular weight excluding hydrogens is 372 g/mol. The molecule has 0 fully saturated rings. The van der Waals surface area contributed by atoms with Crippen molar-refractivity contribution in [1.29, 1.82) is 0 Å². The first-order chi connectivity index (χ1) is 14.0. The van der Waals surface area contributed by atoms with Crippen LogP contribution in [0.1, 0.15) is 16.8 Å². The highest BCUT2D eigenvalue weighted by molar-refractivity contribution is 5.84. The number of aromatic nitrogens is 2. The second-order valence-corrected chi connectivity index (χ2v) is 6.29. The van der Waals surface area contributed by atoms with Crippen molar-refractivity contribution in [3.63, 3.8) is 0 Å². The molecule has 0 bridgehead atoms. The number of rotatable bonds is 7. The SMILES string of the molecule is COc1ccc(CC(=O)N/N=C\c2c(C)[nH]n(-c3ccccc3)c2=O)cc1OC. The molecule has 3 aromatic rings. The van der Waals surface area contributed by atoms with E-state index in [1.54, 1.807) is 32.2 Å². The van der Waals surface area contributed by atoms with Crippen LogP contribution in [-0.4, -0.2) is 36.1 Å². The summed E-state index contributed by atoms with van der Waals surface area (Å²) in [6, 6.07) is 14.5. The van der Waals surface area contributed by atoms with Crippen molar-refractivity contribution >= 4 is 12.1 Å². The van der Waals surface area contributed by atoms with Crippen LogP contribution in [0, 0.1) is 6.92 Å². The lowest BCUT2D eigenvalue weighted by atomic mass is 10.1. The summed E-state index contributed by atoms with van der Waals surface area (Å²) in [5.41, 5.74) is 4.70. The van der Waals surface area contributed by atoms with Gasteiger partial charge in [-0.2, -0.15) is 5.10 Å². The summed E-state index contributed by atoms with van der Waals surface area (Å²) >= 11 is 0. The summed E-state index contributed by atoms with van der Waals surface area (Å²) in [5.74, 6) is 0.822. The smallest absolute Gasteiger partial charge is 0.280 e. The number of nitrogens with one attached hydrogen (secondary N) is 2. The zero-order valence-electron chi connectivity index (χ0n) is 16.4. The van der Waals surface area contributed by atoms with Crippen LogP contribution in [0.5, 0.6) is 11.5 Å². The molecule has 3 rings (SSSR count). The van der Waals surface area contributed by atoms with Crippen LogP contribution in [0.3, 0.4) is 0 Å². The van der Waals surface area contributed by atoms with E-state index in [4.69, 9.17) is 9.47 Å². The fourth-order valence-corrected chi connectivity index (χ4v) is 2.85. The maximum absolute atomic E-state index is 12.6. The van der Waals surface area contributed by atoms with Crippen molar-refractivity contribution in [2.75, 3.05) is 14.2 Å². The Kier molecular flexibility index (Phi) is 6.13. The summed E-state index contributed by atoms with van der Waals surface area (Å²) < 4.78 is 11.9.